The Morgan fingerprint density at radius 1 is 1.08 bits per heavy atom. The highest BCUT2D eigenvalue weighted by Crippen LogP contribution is 2.39. The SMILES string of the molecule is COc1cc(-c2nc(-c3cc4ccccc4n(CC(C)C)c3=O)[nH]c2-c2oc(C)cc(=O)c2O)ccc1O. The summed E-state index contributed by atoms with van der Waals surface area (Å²) in [6.45, 7) is 6.19. The van der Waals surface area contributed by atoms with Crippen LogP contribution in [0.1, 0.15) is 19.6 Å². The van der Waals surface area contributed by atoms with Crippen LogP contribution in [-0.4, -0.2) is 31.9 Å². The second kappa shape index (κ2) is 9.59. The predicted molar refractivity (Wildman–Crippen MR) is 145 cm³/mol. The zero-order chi connectivity index (χ0) is 27.1. The number of hydrogen-bond acceptors (Lipinski definition) is 7. The minimum Gasteiger partial charge on any atom is -0.504 e. The van der Waals surface area contributed by atoms with Crippen LogP contribution in [0.3, 0.4) is 0 Å². The molecule has 3 heterocycles. The van der Waals surface area contributed by atoms with Crippen LogP contribution in [0.5, 0.6) is 17.2 Å². The summed E-state index contributed by atoms with van der Waals surface area (Å²) in [5, 5.41) is 21.6. The van der Waals surface area contributed by atoms with Crippen molar-refractivity contribution in [1.82, 2.24) is 14.5 Å². The number of hydrogen-bond donors (Lipinski definition) is 3. The normalized spacial score (nSPS) is 11.4. The number of imidazole rings is 1. The number of aromatic nitrogens is 3. The highest BCUT2D eigenvalue weighted by Gasteiger charge is 2.24. The molecular formula is C29H27N3O6. The highest BCUT2D eigenvalue weighted by atomic mass is 16.5. The molecule has 38 heavy (non-hydrogen) atoms. The zero-order valence-corrected chi connectivity index (χ0v) is 21.4. The van der Waals surface area contributed by atoms with E-state index in [1.54, 1.807) is 29.7 Å². The summed E-state index contributed by atoms with van der Waals surface area (Å²) < 4.78 is 12.7. The van der Waals surface area contributed by atoms with Crippen molar-refractivity contribution in [2.45, 2.75) is 27.3 Å². The molecule has 3 N–H and O–H groups in total. The van der Waals surface area contributed by atoms with E-state index in [-0.39, 0.29) is 46.0 Å². The van der Waals surface area contributed by atoms with Crippen LogP contribution < -0.4 is 15.7 Å². The van der Waals surface area contributed by atoms with Gasteiger partial charge in [0.1, 0.15) is 23.0 Å². The molecule has 9 heteroatoms. The third kappa shape index (κ3) is 4.32. The maximum Gasteiger partial charge on any atom is 0.262 e. The number of phenolic OH excluding ortho intramolecular Hbond substituents is 1. The van der Waals surface area contributed by atoms with E-state index >= 15 is 0 Å². The van der Waals surface area contributed by atoms with E-state index in [9.17, 15) is 19.8 Å². The third-order valence-corrected chi connectivity index (χ3v) is 6.24. The molecule has 2 aromatic carbocycles. The Kier molecular flexibility index (Phi) is 6.28. The summed E-state index contributed by atoms with van der Waals surface area (Å²) in [6.07, 6.45) is 0. The van der Waals surface area contributed by atoms with Gasteiger partial charge in [0.2, 0.25) is 11.2 Å². The van der Waals surface area contributed by atoms with Crippen molar-refractivity contribution in [2.24, 2.45) is 5.92 Å². The van der Waals surface area contributed by atoms with Gasteiger partial charge >= 0.3 is 0 Å². The number of methoxy groups -OCH3 is 1. The smallest absolute Gasteiger partial charge is 0.262 e. The lowest BCUT2D eigenvalue weighted by Gasteiger charge is -2.14. The third-order valence-electron chi connectivity index (χ3n) is 6.24. The lowest BCUT2D eigenvalue weighted by atomic mass is 10.1. The quantitative estimate of drug-likeness (QED) is 0.289. The van der Waals surface area contributed by atoms with Gasteiger partial charge in [0, 0.05) is 18.2 Å². The summed E-state index contributed by atoms with van der Waals surface area (Å²) >= 11 is 0. The van der Waals surface area contributed by atoms with Crippen LogP contribution in [-0.2, 0) is 6.54 Å². The van der Waals surface area contributed by atoms with Crippen molar-refractivity contribution in [3.05, 3.63) is 80.9 Å². The maximum absolute atomic E-state index is 13.8. The number of phenols is 1. The van der Waals surface area contributed by atoms with E-state index in [4.69, 9.17) is 14.1 Å². The molecule has 3 aromatic heterocycles. The van der Waals surface area contributed by atoms with E-state index in [2.05, 4.69) is 4.98 Å². The Bertz CT molecular complexity index is 1800. The fraction of sp³-hybridized carbons (Fsp3) is 0.207. The van der Waals surface area contributed by atoms with E-state index in [0.29, 0.717) is 23.4 Å². The summed E-state index contributed by atoms with van der Waals surface area (Å²) in [5.41, 5.74) is 1.29. The van der Waals surface area contributed by atoms with Crippen molar-refractivity contribution in [3.8, 4) is 51.3 Å². The average Bonchev–Trinajstić information content (AvgIpc) is 3.32. The lowest BCUT2D eigenvalue weighted by molar-refractivity contribution is 0.373. The molecule has 0 saturated heterocycles. The van der Waals surface area contributed by atoms with E-state index in [1.807, 2.05) is 38.1 Å². The first kappa shape index (κ1) is 24.9. The Morgan fingerprint density at radius 3 is 2.58 bits per heavy atom. The van der Waals surface area contributed by atoms with E-state index in [1.165, 1.54) is 19.2 Å². The second-order valence-corrected chi connectivity index (χ2v) is 9.52. The van der Waals surface area contributed by atoms with Crippen LogP contribution in [0.4, 0.5) is 0 Å². The number of rotatable bonds is 6. The number of nitrogens with zero attached hydrogens (tertiary/aromatic N) is 2. The Balaban J connectivity index is 1.83. The van der Waals surface area contributed by atoms with Gasteiger partial charge in [0.15, 0.2) is 17.3 Å². The summed E-state index contributed by atoms with van der Waals surface area (Å²) in [5.74, 6) is 0.184. The first-order chi connectivity index (χ1) is 18.2. The molecule has 5 rings (SSSR count). The van der Waals surface area contributed by atoms with Crippen molar-refractivity contribution in [3.63, 3.8) is 0 Å². The molecule has 0 amide bonds. The molecule has 0 spiro atoms. The molecule has 0 bridgehead atoms. The number of fused-ring (bicyclic) bond motifs is 1. The lowest BCUT2D eigenvalue weighted by Crippen LogP contribution is -2.24. The van der Waals surface area contributed by atoms with E-state index in [0.717, 1.165) is 10.9 Å². The standard InChI is InChI=1S/C29H27N3O6/c1-15(2)14-32-20-8-6-5-7-17(20)12-19(29(32)36)28-30-24(18-9-10-21(33)23(13-18)37-4)25(31-28)27-26(35)22(34)11-16(3)38-27/h5-13,15,33,35H,14H2,1-4H3,(H,30,31). The summed E-state index contributed by atoms with van der Waals surface area (Å²) in [4.78, 5) is 34.0. The molecule has 194 valence electrons. The fourth-order valence-corrected chi connectivity index (χ4v) is 4.52. The van der Waals surface area contributed by atoms with Gasteiger partial charge in [0.25, 0.3) is 5.56 Å². The van der Waals surface area contributed by atoms with Crippen molar-refractivity contribution in [1.29, 1.82) is 0 Å². The summed E-state index contributed by atoms with van der Waals surface area (Å²) in [6, 6.07) is 15.2. The molecule has 0 unspecified atom stereocenters. The van der Waals surface area contributed by atoms with Crippen LogP contribution in [0.2, 0.25) is 0 Å². The number of pyridine rings is 1. The topological polar surface area (TPSA) is 131 Å². The van der Waals surface area contributed by atoms with Gasteiger partial charge in [-0.2, -0.15) is 0 Å². The number of ether oxygens (including phenoxy) is 1. The first-order valence-corrected chi connectivity index (χ1v) is 12.1. The van der Waals surface area contributed by atoms with Crippen LogP contribution in [0.15, 0.2) is 68.6 Å². The van der Waals surface area contributed by atoms with Crippen molar-refractivity contribution < 1.29 is 19.4 Å². The van der Waals surface area contributed by atoms with Crippen LogP contribution >= 0.6 is 0 Å². The number of aryl methyl sites for hydroxylation is 1. The predicted octanol–water partition coefficient (Wildman–Crippen LogP) is 5.06. The highest BCUT2D eigenvalue weighted by molar-refractivity contribution is 5.86. The van der Waals surface area contributed by atoms with Crippen molar-refractivity contribution >= 4 is 10.9 Å². The van der Waals surface area contributed by atoms with Gasteiger partial charge in [-0.25, -0.2) is 4.98 Å². The minimum atomic E-state index is -0.612. The fourth-order valence-electron chi connectivity index (χ4n) is 4.52. The van der Waals surface area contributed by atoms with Crippen LogP contribution in [0, 0.1) is 12.8 Å². The monoisotopic (exact) mass is 513 g/mol. The first-order valence-electron chi connectivity index (χ1n) is 12.1. The molecule has 0 fully saturated rings. The molecule has 0 aliphatic carbocycles. The number of aromatic hydroxyl groups is 2. The minimum absolute atomic E-state index is 0.0652. The number of benzene rings is 2. The average molecular weight is 514 g/mol. The molecule has 9 nitrogen and oxygen atoms in total. The summed E-state index contributed by atoms with van der Waals surface area (Å²) in [7, 11) is 1.42. The molecular weight excluding hydrogens is 486 g/mol. The van der Waals surface area contributed by atoms with Gasteiger partial charge in [-0.1, -0.05) is 32.0 Å². The molecule has 5 aromatic rings. The van der Waals surface area contributed by atoms with Gasteiger partial charge in [-0.15, -0.1) is 0 Å². The van der Waals surface area contributed by atoms with E-state index < -0.39 is 11.2 Å². The maximum atomic E-state index is 13.8. The number of H-pyrrole nitrogens is 1. The van der Waals surface area contributed by atoms with Gasteiger partial charge < -0.3 is 28.9 Å². The molecule has 0 atom stereocenters. The van der Waals surface area contributed by atoms with Crippen LogP contribution in [0.25, 0.3) is 45.0 Å². The van der Waals surface area contributed by atoms with Gasteiger partial charge in [-0.05, 0) is 48.6 Å². The number of aromatic amines is 1. The van der Waals surface area contributed by atoms with Gasteiger partial charge in [0.05, 0.1) is 18.2 Å². The number of nitrogens with one attached hydrogen (secondary N) is 1. The molecule has 0 saturated carbocycles. The second-order valence-electron chi connectivity index (χ2n) is 9.52. The number of para-hydroxylation sites is 1. The zero-order valence-electron chi connectivity index (χ0n) is 21.4. The Hall–Kier alpha value is -4.79. The largest absolute Gasteiger partial charge is 0.504 e. The van der Waals surface area contributed by atoms with Crippen molar-refractivity contribution in [2.75, 3.05) is 7.11 Å². The van der Waals surface area contributed by atoms with Gasteiger partial charge in [-0.3, -0.25) is 9.59 Å². The molecule has 0 radical (unpaired) electrons. The Labute approximate surface area is 217 Å². The Morgan fingerprint density at radius 2 is 1.84 bits per heavy atom. The molecule has 0 aliphatic rings. The molecule has 0 aliphatic heterocycles.